The molecule has 0 unspecified atom stereocenters. The van der Waals surface area contributed by atoms with Crippen LogP contribution in [0.15, 0.2) is 18.2 Å². The average molecular weight is 177 g/mol. The molecule has 0 aromatic heterocycles. The van der Waals surface area contributed by atoms with Crippen molar-refractivity contribution in [1.29, 1.82) is 0 Å². The first-order chi connectivity index (χ1) is 6.31. The Morgan fingerprint density at radius 2 is 2.23 bits per heavy atom. The van der Waals surface area contributed by atoms with Crippen molar-refractivity contribution >= 4 is 5.69 Å². The van der Waals surface area contributed by atoms with Crippen molar-refractivity contribution in [2.24, 2.45) is 0 Å². The van der Waals surface area contributed by atoms with E-state index in [2.05, 4.69) is 0 Å². The third kappa shape index (κ3) is 1.77. The van der Waals surface area contributed by atoms with Crippen molar-refractivity contribution in [3.63, 3.8) is 0 Å². The van der Waals surface area contributed by atoms with E-state index in [1.807, 2.05) is 25.1 Å². The van der Waals surface area contributed by atoms with Gasteiger partial charge < -0.3 is 10.5 Å². The summed E-state index contributed by atoms with van der Waals surface area (Å²) in [5, 5.41) is 0. The molecule has 2 nitrogen and oxygen atoms in total. The molecule has 70 valence electrons. The summed E-state index contributed by atoms with van der Waals surface area (Å²) >= 11 is 0. The van der Waals surface area contributed by atoms with Crippen molar-refractivity contribution < 1.29 is 4.74 Å². The highest BCUT2D eigenvalue weighted by Gasteiger charge is 2.26. The second-order valence-corrected chi connectivity index (χ2v) is 3.50. The molecule has 0 atom stereocenters. The van der Waals surface area contributed by atoms with Crippen LogP contribution in [0.5, 0.6) is 5.75 Å². The quantitative estimate of drug-likeness (QED) is 0.720. The Balaban J connectivity index is 2.30. The van der Waals surface area contributed by atoms with Crippen LogP contribution < -0.4 is 10.5 Å². The fourth-order valence-electron chi connectivity index (χ4n) is 1.57. The first-order valence-corrected chi connectivity index (χ1v) is 4.83. The van der Waals surface area contributed by atoms with E-state index in [0.29, 0.717) is 5.92 Å². The van der Waals surface area contributed by atoms with Gasteiger partial charge in [0.15, 0.2) is 0 Å². The molecular formula is C11H15NO. The lowest BCUT2D eigenvalue weighted by Crippen LogP contribution is -1.97. The Morgan fingerprint density at radius 1 is 1.46 bits per heavy atom. The molecule has 1 saturated carbocycles. The number of anilines is 1. The van der Waals surface area contributed by atoms with E-state index >= 15 is 0 Å². The van der Waals surface area contributed by atoms with Crippen LogP contribution in [0.3, 0.4) is 0 Å². The van der Waals surface area contributed by atoms with Crippen LogP contribution in [0.4, 0.5) is 5.69 Å². The SMILES string of the molecule is CCOc1ccc(N)cc1C1CC1. The van der Waals surface area contributed by atoms with Gasteiger partial charge in [0.1, 0.15) is 5.75 Å². The Labute approximate surface area is 78.7 Å². The second-order valence-electron chi connectivity index (χ2n) is 3.50. The van der Waals surface area contributed by atoms with Gasteiger partial charge in [0.2, 0.25) is 0 Å². The monoisotopic (exact) mass is 177 g/mol. The minimum absolute atomic E-state index is 0.699. The summed E-state index contributed by atoms with van der Waals surface area (Å²) in [6.45, 7) is 2.73. The molecular weight excluding hydrogens is 162 g/mol. The zero-order chi connectivity index (χ0) is 9.26. The van der Waals surface area contributed by atoms with E-state index in [0.717, 1.165) is 18.0 Å². The van der Waals surface area contributed by atoms with Gasteiger partial charge in [-0.15, -0.1) is 0 Å². The fraction of sp³-hybridized carbons (Fsp3) is 0.455. The smallest absolute Gasteiger partial charge is 0.122 e. The maximum atomic E-state index is 5.73. The first kappa shape index (κ1) is 8.42. The summed E-state index contributed by atoms with van der Waals surface area (Å²) in [6.07, 6.45) is 2.56. The lowest BCUT2D eigenvalue weighted by molar-refractivity contribution is 0.336. The van der Waals surface area contributed by atoms with Crippen molar-refractivity contribution in [3.05, 3.63) is 23.8 Å². The Bertz CT molecular complexity index is 305. The standard InChI is InChI=1S/C11H15NO/c1-2-13-11-6-5-9(12)7-10(11)8-3-4-8/h5-8H,2-4,12H2,1H3. The van der Waals surface area contributed by atoms with Crippen molar-refractivity contribution in [3.8, 4) is 5.75 Å². The summed E-state index contributed by atoms with van der Waals surface area (Å²) in [7, 11) is 0. The Hall–Kier alpha value is -1.18. The van der Waals surface area contributed by atoms with Crippen molar-refractivity contribution in [2.45, 2.75) is 25.7 Å². The highest BCUT2D eigenvalue weighted by atomic mass is 16.5. The molecule has 0 bridgehead atoms. The highest BCUT2D eigenvalue weighted by molar-refractivity contribution is 5.50. The fourth-order valence-corrected chi connectivity index (χ4v) is 1.57. The van der Waals surface area contributed by atoms with Gasteiger partial charge in [-0.3, -0.25) is 0 Å². The number of rotatable bonds is 3. The minimum atomic E-state index is 0.699. The lowest BCUT2D eigenvalue weighted by Gasteiger charge is -2.09. The van der Waals surface area contributed by atoms with E-state index in [1.165, 1.54) is 18.4 Å². The normalized spacial score (nSPS) is 15.8. The van der Waals surface area contributed by atoms with E-state index in [1.54, 1.807) is 0 Å². The molecule has 0 aliphatic heterocycles. The third-order valence-electron chi connectivity index (χ3n) is 2.35. The van der Waals surface area contributed by atoms with Gasteiger partial charge in [0, 0.05) is 5.69 Å². The largest absolute Gasteiger partial charge is 0.494 e. The van der Waals surface area contributed by atoms with Gasteiger partial charge in [-0.25, -0.2) is 0 Å². The van der Waals surface area contributed by atoms with Crippen molar-refractivity contribution in [1.82, 2.24) is 0 Å². The maximum Gasteiger partial charge on any atom is 0.122 e. The number of hydrogen-bond donors (Lipinski definition) is 1. The molecule has 2 N–H and O–H groups in total. The van der Waals surface area contributed by atoms with E-state index in [4.69, 9.17) is 10.5 Å². The minimum Gasteiger partial charge on any atom is -0.494 e. The van der Waals surface area contributed by atoms with Crippen LogP contribution >= 0.6 is 0 Å². The highest BCUT2D eigenvalue weighted by Crippen LogP contribution is 2.44. The third-order valence-corrected chi connectivity index (χ3v) is 2.35. The summed E-state index contributed by atoms with van der Waals surface area (Å²) < 4.78 is 5.54. The molecule has 1 aromatic carbocycles. The van der Waals surface area contributed by atoms with E-state index in [9.17, 15) is 0 Å². The summed E-state index contributed by atoms with van der Waals surface area (Å²) in [6, 6.07) is 5.92. The number of benzene rings is 1. The Morgan fingerprint density at radius 3 is 2.85 bits per heavy atom. The molecule has 0 spiro atoms. The second kappa shape index (κ2) is 3.29. The number of hydrogen-bond acceptors (Lipinski definition) is 2. The molecule has 0 saturated heterocycles. The molecule has 13 heavy (non-hydrogen) atoms. The molecule has 2 heteroatoms. The van der Waals surface area contributed by atoms with Crippen LogP contribution in [0.2, 0.25) is 0 Å². The molecule has 0 heterocycles. The average Bonchev–Trinajstić information content (AvgIpc) is 2.91. The van der Waals surface area contributed by atoms with Gasteiger partial charge >= 0.3 is 0 Å². The van der Waals surface area contributed by atoms with Crippen molar-refractivity contribution in [2.75, 3.05) is 12.3 Å². The van der Waals surface area contributed by atoms with Crippen LogP contribution in [-0.2, 0) is 0 Å². The number of ether oxygens (including phenoxy) is 1. The first-order valence-electron chi connectivity index (χ1n) is 4.83. The summed E-state index contributed by atoms with van der Waals surface area (Å²) in [4.78, 5) is 0. The molecule has 1 fully saturated rings. The zero-order valence-electron chi connectivity index (χ0n) is 7.92. The molecule has 0 amide bonds. The summed E-state index contributed by atoms with van der Waals surface area (Å²) in [5.41, 5.74) is 7.87. The zero-order valence-corrected chi connectivity index (χ0v) is 7.92. The predicted molar refractivity (Wildman–Crippen MR) is 54.0 cm³/mol. The van der Waals surface area contributed by atoms with Gasteiger partial charge in [-0.2, -0.15) is 0 Å². The van der Waals surface area contributed by atoms with Crippen LogP contribution in [0, 0.1) is 0 Å². The molecule has 2 rings (SSSR count). The topological polar surface area (TPSA) is 35.2 Å². The number of nitrogens with two attached hydrogens (primary N) is 1. The predicted octanol–water partition coefficient (Wildman–Crippen LogP) is 2.54. The molecule has 1 aromatic rings. The van der Waals surface area contributed by atoms with E-state index < -0.39 is 0 Å². The van der Waals surface area contributed by atoms with Gasteiger partial charge in [0.05, 0.1) is 6.61 Å². The Kier molecular flexibility index (Phi) is 2.13. The van der Waals surface area contributed by atoms with Crippen LogP contribution in [-0.4, -0.2) is 6.61 Å². The molecule has 0 radical (unpaired) electrons. The van der Waals surface area contributed by atoms with Gasteiger partial charge in [-0.1, -0.05) is 0 Å². The maximum absolute atomic E-state index is 5.73. The van der Waals surface area contributed by atoms with Crippen LogP contribution in [0.1, 0.15) is 31.2 Å². The summed E-state index contributed by atoms with van der Waals surface area (Å²) in [5.74, 6) is 1.71. The van der Waals surface area contributed by atoms with E-state index in [-0.39, 0.29) is 0 Å². The molecule has 1 aliphatic carbocycles. The number of nitrogen functional groups attached to an aromatic ring is 1. The van der Waals surface area contributed by atoms with Gasteiger partial charge in [0.25, 0.3) is 0 Å². The van der Waals surface area contributed by atoms with Gasteiger partial charge in [-0.05, 0) is 49.4 Å². The van der Waals surface area contributed by atoms with Crippen LogP contribution in [0.25, 0.3) is 0 Å². The molecule has 1 aliphatic rings. The lowest BCUT2D eigenvalue weighted by atomic mass is 10.1.